The Kier molecular flexibility index (Phi) is 5.50. The monoisotopic (exact) mass is 459 g/mol. The van der Waals surface area contributed by atoms with E-state index in [1.54, 1.807) is 37.1 Å². The van der Waals surface area contributed by atoms with Gasteiger partial charge in [0.2, 0.25) is 11.7 Å². The van der Waals surface area contributed by atoms with Crippen LogP contribution in [0.3, 0.4) is 0 Å². The average Bonchev–Trinajstić information content (AvgIpc) is 3.49. The van der Waals surface area contributed by atoms with Crippen LogP contribution in [0.15, 0.2) is 58.1 Å². The van der Waals surface area contributed by atoms with E-state index in [4.69, 9.17) is 14.0 Å². The fraction of sp³-hybridized carbons (Fsp3) is 0.217. The number of hydrogen-bond acceptors (Lipinski definition) is 9. The van der Waals surface area contributed by atoms with Gasteiger partial charge in [-0.3, -0.25) is 9.36 Å². The molecule has 0 aliphatic carbocycles. The number of benzene rings is 2. The van der Waals surface area contributed by atoms with E-state index in [9.17, 15) is 4.79 Å². The largest absolute Gasteiger partial charge is 0.493 e. The summed E-state index contributed by atoms with van der Waals surface area (Å²) in [5, 5.41) is 12.2. The highest BCUT2D eigenvalue weighted by Gasteiger charge is 2.16. The second-order valence-electron chi connectivity index (χ2n) is 7.60. The van der Waals surface area contributed by atoms with E-state index >= 15 is 0 Å². The van der Waals surface area contributed by atoms with Gasteiger partial charge in [-0.15, -0.1) is 5.10 Å². The molecular formula is C23H21N7O4. The van der Waals surface area contributed by atoms with Gasteiger partial charge in [-0.05, 0) is 36.2 Å². The van der Waals surface area contributed by atoms with Crippen LogP contribution in [0.2, 0.25) is 0 Å². The fourth-order valence-electron chi connectivity index (χ4n) is 3.61. The number of ether oxygens (including phenoxy) is 2. The minimum absolute atomic E-state index is 0.0483. The first-order chi connectivity index (χ1) is 16.6. The van der Waals surface area contributed by atoms with Crippen molar-refractivity contribution in [1.29, 1.82) is 0 Å². The minimum atomic E-state index is -0.341. The van der Waals surface area contributed by atoms with Gasteiger partial charge < -0.3 is 14.0 Å². The molecule has 0 saturated heterocycles. The molecular weight excluding hydrogens is 438 g/mol. The van der Waals surface area contributed by atoms with Crippen molar-refractivity contribution in [2.45, 2.75) is 20.0 Å². The standard InChI is InChI=1S/C23H21N7O4/c1-14-6-4-5-7-16(14)11-30-22-20(26-28-30)23(31)29(13-24-22)12-19-25-21(27-34-19)15-8-9-17(32-2)18(10-15)33-3/h4-10,13H,11-12H2,1-3H3. The number of fused-ring (bicyclic) bond motifs is 1. The molecule has 0 N–H and O–H groups in total. The Bertz CT molecular complexity index is 1540. The van der Waals surface area contributed by atoms with Gasteiger partial charge >= 0.3 is 0 Å². The normalized spacial score (nSPS) is 11.1. The molecule has 3 aromatic heterocycles. The molecule has 11 heteroatoms. The van der Waals surface area contributed by atoms with Gasteiger partial charge in [0.05, 0.1) is 20.8 Å². The lowest BCUT2D eigenvalue weighted by molar-refractivity contribution is 0.355. The Morgan fingerprint density at radius 1 is 1.03 bits per heavy atom. The zero-order chi connectivity index (χ0) is 23.7. The average molecular weight is 459 g/mol. The quantitative estimate of drug-likeness (QED) is 0.361. The molecule has 172 valence electrons. The molecule has 34 heavy (non-hydrogen) atoms. The van der Waals surface area contributed by atoms with E-state index in [0.717, 1.165) is 11.1 Å². The van der Waals surface area contributed by atoms with E-state index in [1.807, 2.05) is 31.2 Å². The predicted molar refractivity (Wildman–Crippen MR) is 122 cm³/mol. The molecule has 5 rings (SSSR count). The number of hydrogen-bond donors (Lipinski definition) is 0. The van der Waals surface area contributed by atoms with Crippen molar-refractivity contribution in [1.82, 2.24) is 34.7 Å². The van der Waals surface area contributed by atoms with E-state index in [0.29, 0.717) is 35.1 Å². The van der Waals surface area contributed by atoms with Crippen molar-refractivity contribution in [2.75, 3.05) is 14.2 Å². The number of aryl methyl sites for hydroxylation is 1. The highest BCUT2D eigenvalue weighted by molar-refractivity contribution is 5.68. The number of methoxy groups -OCH3 is 2. The molecule has 0 bridgehead atoms. The third kappa shape index (κ3) is 3.87. The molecule has 5 aromatic rings. The molecule has 3 heterocycles. The highest BCUT2D eigenvalue weighted by atomic mass is 16.5. The summed E-state index contributed by atoms with van der Waals surface area (Å²) in [5.74, 6) is 1.75. The Morgan fingerprint density at radius 2 is 1.85 bits per heavy atom. The lowest BCUT2D eigenvalue weighted by atomic mass is 10.1. The van der Waals surface area contributed by atoms with Crippen LogP contribution in [0.5, 0.6) is 11.5 Å². The second kappa shape index (κ2) is 8.77. The number of aromatic nitrogens is 7. The minimum Gasteiger partial charge on any atom is -0.493 e. The molecule has 2 aromatic carbocycles. The maximum absolute atomic E-state index is 13.0. The van der Waals surface area contributed by atoms with Crippen LogP contribution in [-0.2, 0) is 13.1 Å². The van der Waals surface area contributed by atoms with E-state index in [1.165, 1.54) is 10.9 Å². The summed E-state index contributed by atoms with van der Waals surface area (Å²) < 4.78 is 18.9. The van der Waals surface area contributed by atoms with Crippen LogP contribution in [0.25, 0.3) is 22.6 Å². The molecule has 0 atom stereocenters. The van der Waals surface area contributed by atoms with Crippen molar-refractivity contribution in [3.8, 4) is 22.9 Å². The second-order valence-corrected chi connectivity index (χ2v) is 7.60. The molecule has 11 nitrogen and oxygen atoms in total. The van der Waals surface area contributed by atoms with Gasteiger partial charge in [0, 0.05) is 5.56 Å². The lowest BCUT2D eigenvalue weighted by Crippen LogP contribution is -2.21. The molecule has 0 aliphatic rings. The maximum atomic E-state index is 13.0. The summed E-state index contributed by atoms with van der Waals surface area (Å²) in [4.78, 5) is 21.8. The fourth-order valence-corrected chi connectivity index (χ4v) is 3.61. The van der Waals surface area contributed by atoms with E-state index in [-0.39, 0.29) is 23.5 Å². The van der Waals surface area contributed by atoms with Crippen LogP contribution < -0.4 is 15.0 Å². The first-order valence-corrected chi connectivity index (χ1v) is 10.5. The van der Waals surface area contributed by atoms with E-state index in [2.05, 4.69) is 25.4 Å². The first kappa shape index (κ1) is 21.3. The van der Waals surface area contributed by atoms with Crippen molar-refractivity contribution >= 4 is 11.2 Å². The van der Waals surface area contributed by atoms with E-state index < -0.39 is 0 Å². The number of nitrogens with zero attached hydrogens (tertiary/aromatic N) is 7. The Morgan fingerprint density at radius 3 is 2.65 bits per heavy atom. The lowest BCUT2D eigenvalue weighted by Gasteiger charge is -2.07. The van der Waals surface area contributed by atoms with Crippen LogP contribution in [0.4, 0.5) is 0 Å². The van der Waals surface area contributed by atoms with Crippen LogP contribution in [0, 0.1) is 6.92 Å². The summed E-state index contributed by atoms with van der Waals surface area (Å²) in [6.45, 7) is 2.54. The summed E-state index contributed by atoms with van der Waals surface area (Å²) in [6, 6.07) is 13.3. The smallest absolute Gasteiger partial charge is 0.283 e. The van der Waals surface area contributed by atoms with Crippen molar-refractivity contribution < 1.29 is 14.0 Å². The SMILES string of the molecule is COc1ccc(-c2noc(Cn3cnc4c(nnn4Cc4ccccc4C)c3=O)n2)cc1OC. The Hall–Kier alpha value is -4.54. The van der Waals surface area contributed by atoms with Crippen LogP contribution in [-0.4, -0.2) is 48.9 Å². The molecule has 0 saturated carbocycles. The highest BCUT2D eigenvalue weighted by Crippen LogP contribution is 2.31. The predicted octanol–water partition coefficient (Wildman–Crippen LogP) is 2.46. The summed E-state index contributed by atoms with van der Waals surface area (Å²) >= 11 is 0. The van der Waals surface area contributed by atoms with Gasteiger partial charge in [-0.1, -0.05) is 34.6 Å². The molecule has 0 spiro atoms. The van der Waals surface area contributed by atoms with Crippen molar-refractivity contribution in [2.24, 2.45) is 0 Å². The number of rotatable bonds is 7. The first-order valence-electron chi connectivity index (χ1n) is 10.5. The zero-order valence-corrected chi connectivity index (χ0v) is 18.8. The van der Waals surface area contributed by atoms with Gasteiger partial charge in [0.1, 0.15) is 12.9 Å². The topological polar surface area (TPSA) is 123 Å². The molecule has 0 radical (unpaired) electrons. The van der Waals surface area contributed by atoms with Crippen LogP contribution in [0.1, 0.15) is 17.0 Å². The Balaban J connectivity index is 1.40. The molecule has 0 fully saturated rings. The zero-order valence-electron chi connectivity index (χ0n) is 18.8. The third-order valence-electron chi connectivity index (χ3n) is 5.49. The summed E-state index contributed by atoms with van der Waals surface area (Å²) in [5.41, 5.74) is 3.14. The molecule has 0 aliphatic heterocycles. The van der Waals surface area contributed by atoms with Crippen LogP contribution >= 0.6 is 0 Å². The molecule has 0 amide bonds. The van der Waals surface area contributed by atoms with Crippen molar-refractivity contribution in [3.05, 3.63) is 76.2 Å². The summed E-state index contributed by atoms with van der Waals surface area (Å²) in [6.07, 6.45) is 1.43. The van der Waals surface area contributed by atoms with Gasteiger partial charge in [-0.25, -0.2) is 9.67 Å². The van der Waals surface area contributed by atoms with Gasteiger partial charge in [0.15, 0.2) is 22.7 Å². The molecule has 0 unspecified atom stereocenters. The Labute approximate surface area is 193 Å². The van der Waals surface area contributed by atoms with Crippen molar-refractivity contribution in [3.63, 3.8) is 0 Å². The van der Waals surface area contributed by atoms with Gasteiger partial charge in [-0.2, -0.15) is 4.98 Å². The summed E-state index contributed by atoms with van der Waals surface area (Å²) in [7, 11) is 3.11. The third-order valence-corrected chi connectivity index (χ3v) is 5.49. The maximum Gasteiger partial charge on any atom is 0.283 e. The van der Waals surface area contributed by atoms with Gasteiger partial charge in [0.25, 0.3) is 5.56 Å².